The molecule has 0 radical (unpaired) electrons. The van der Waals surface area contributed by atoms with Gasteiger partial charge in [0.1, 0.15) is 23.7 Å². The molecule has 4 N–H and O–H groups in total. The van der Waals surface area contributed by atoms with Crippen molar-refractivity contribution < 1.29 is 38.9 Å². The highest BCUT2D eigenvalue weighted by Gasteiger charge is 2.41. The summed E-state index contributed by atoms with van der Waals surface area (Å²) in [7, 11) is 0. The van der Waals surface area contributed by atoms with Crippen molar-refractivity contribution in [2.45, 2.75) is 104 Å². The van der Waals surface area contributed by atoms with E-state index in [2.05, 4.69) is 10.6 Å². The predicted molar refractivity (Wildman–Crippen MR) is 149 cm³/mol. The molecule has 0 aliphatic heterocycles. The van der Waals surface area contributed by atoms with Gasteiger partial charge >= 0.3 is 12.1 Å². The number of carbonyl (C=O) groups excluding carboxylic acids is 4. The van der Waals surface area contributed by atoms with Gasteiger partial charge in [0.05, 0.1) is 12.5 Å². The topological polar surface area (TPSA) is 162 Å². The molecule has 40 heavy (non-hydrogen) atoms. The van der Waals surface area contributed by atoms with Crippen LogP contribution in [0, 0.1) is 11.8 Å². The number of amides is 4. The second-order valence-electron chi connectivity index (χ2n) is 11.4. The maximum atomic E-state index is 14.2. The van der Waals surface area contributed by atoms with Gasteiger partial charge in [-0.05, 0) is 45.1 Å². The normalized spacial score (nSPS) is 15.2. The van der Waals surface area contributed by atoms with Crippen molar-refractivity contribution in [1.29, 1.82) is 0 Å². The van der Waals surface area contributed by atoms with Crippen LogP contribution in [0.25, 0.3) is 0 Å². The number of hydrogen-bond acceptors (Lipinski definition) is 7. The van der Waals surface area contributed by atoms with E-state index in [1.807, 2.05) is 0 Å². The molecule has 0 heterocycles. The Morgan fingerprint density at radius 3 is 2.02 bits per heavy atom. The zero-order valence-corrected chi connectivity index (χ0v) is 24.8. The van der Waals surface area contributed by atoms with Gasteiger partial charge in [-0.25, -0.2) is 4.79 Å². The molecule has 0 spiro atoms. The van der Waals surface area contributed by atoms with Crippen molar-refractivity contribution in [2.24, 2.45) is 11.8 Å². The van der Waals surface area contributed by atoms with E-state index in [0.29, 0.717) is 12.0 Å². The molecule has 0 saturated heterocycles. The van der Waals surface area contributed by atoms with Crippen LogP contribution in [0.5, 0.6) is 0 Å². The minimum absolute atomic E-state index is 0.117. The number of aliphatic hydroxyl groups is 1. The molecule has 224 valence electrons. The van der Waals surface area contributed by atoms with Gasteiger partial charge in [-0.2, -0.15) is 0 Å². The molecule has 11 heteroatoms. The Hall–Kier alpha value is -3.47. The Balaban J connectivity index is 3.66. The van der Waals surface area contributed by atoms with E-state index in [4.69, 9.17) is 4.74 Å². The van der Waals surface area contributed by atoms with Gasteiger partial charge in [0.25, 0.3) is 5.91 Å². The number of ether oxygens (including phenoxy) is 1. The number of hydrogen-bond donors (Lipinski definition) is 4. The molecule has 1 aromatic carbocycles. The smallest absolute Gasteiger partial charge is 0.408 e. The summed E-state index contributed by atoms with van der Waals surface area (Å²) < 4.78 is 5.34. The molecule has 5 atom stereocenters. The lowest BCUT2D eigenvalue weighted by Gasteiger charge is -2.35. The van der Waals surface area contributed by atoms with Crippen LogP contribution in [0.3, 0.4) is 0 Å². The SMILES string of the molecule is CC[C@H](C)[C@@H](NC(=O)OC(C)(C)C)C(=O)N(C(=O)C[C@H](O)C(C)C)[C@@H](Cc1ccccc1)C(=O)N[C@@H](C)C(=O)O. The van der Waals surface area contributed by atoms with Crippen LogP contribution in [0.1, 0.15) is 73.8 Å². The van der Waals surface area contributed by atoms with Crippen molar-refractivity contribution >= 4 is 29.8 Å². The fraction of sp³-hybridized carbons (Fsp3) is 0.621. The molecule has 0 aliphatic rings. The third-order valence-corrected chi connectivity index (χ3v) is 6.43. The largest absolute Gasteiger partial charge is 0.480 e. The van der Waals surface area contributed by atoms with Crippen LogP contribution in [0.15, 0.2) is 30.3 Å². The average molecular weight is 564 g/mol. The molecule has 0 aromatic heterocycles. The molecular weight excluding hydrogens is 518 g/mol. The monoisotopic (exact) mass is 563 g/mol. The molecule has 11 nitrogen and oxygen atoms in total. The van der Waals surface area contributed by atoms with Crippen LogP contribution < -0.4 is 10.6 Å². The van der Waals surface area contributed by atoms with Crippen LogP contribution >= 0.6 is 0 Å². The van der Waals surface area contributed by atoms with E-state index in [9.17, 15) is 34.2 Å². The third-order valence-electron chi connectivity index (χ3n) is 6.43. The first-order valence-corrected chi connectivity index (χ1v) is 13.6. The molecule has 0 fully saturated rings. The number of aliphatic carboxylic acids is 1. The van der Waals surface area contributed by atoms with E-state index < -0.39 is 72.0 Å². The third kappa shape index (κ3) is 11.0. The van der Waals surface area contributed by atoms with E-state index in [0.717, 1.165) is 4.90 Å². The molecule has 0 aliphatic carbocycles. The fourth-order valence-electron chi connectivity index (χ4n) is 3.74. The standard InChI is InChI=1S/C29H45N3O8/c1-9-18(4)24(31-28(39)40-29(6,7)8)26(36)32(23(34)16-22(33)17(2)3)21(15-20-13-11-10-12-14-20)25(35)30-19(5)27(37)38/h10-14,17-19,21-22,24,33H,9,15-16H2,1-8H3,(H,30,35)(H,31,39)(H,37,38)/t18-,19-,21-,22-,24+/m0/s1. The molecule has 0 bridgehead atoms. The highest BCUT2D eigenvalue weighted by Crippen LogP contribution is 2.20. The average Bonchev–Trinajstić information content (AvgIpc) is 2.85. The molecule has 1 aromatic rings. The van der Waals surface area contributed by atoms with Gasteiger partial charge in [0, 0.05) is 6.42 Å². The van der Waals surface area contributed by atoms with Crippen LogP contribution in [0.2, 0.25) is 0 Å². The molecule has 1 rings (SSSR count). The summed E-state index contributed by atoms with van der Waals surface area (Å²) in [5, 5.41) is 24.8. The van der Waals surface area contributed by atoms with Gasteiger partial charge in [-0.3, -0.25) is 24.1 Å². The summed E-state index contributed by atoms with van der Waals surface area (Å²) >= 11 is 0. The number of imide groups is 1. The lowest BCUT2D eigenvalue weighted by molar-refractivity contribution is -0.155. The zero-order valence-electron chi connectivity index (χ0n) is 24.8. The summed E-state index contributed by atoms with van der Waals surface area (Å²) in [6.07, 6.45) is -2.12. The lowest BCUT2D eigenvalue weighted by Crippen LogP contribution is -2.61. The lowest BCUT2D eigenvalue weighted by atomic mass is 9.94. The second kappa shape index (κ2) is 15.4. The number of nitrogens with zero attached hydrogens (tertiary/aromatic N) is 1. The van der Waals surface area contributed by atoms with E-state index >= 15 is 0 Å². The van der Waals surface area contributed by atoms with E-state index in [-0.39, 0.29) is 12.3 Å². The van der Waals surface area contributed by atoms with Crippen LogP contribution in [-0.2, 0) is 30.3 Å². The summed E-state index contributed by atoms with van der Waals surface area (Å²) in [6, 6.07) is 4.63. The van der Waals surface area contributed by atoms with Crippen molar-refractivity contribution in [3.63, 3.8) is 0 Å². The second-order valence-corrected chi connectivity index (χ2v) is 11.4. The van der Waals surface area contributed by atoms with E-state index in [1.165, 1.54) is 6.92 Å². The van der Waals surface area contributed by atoms with Gasteiger partial charge in [-0.1, -0.05) is 64.4 Å². The van der Waals surface area contributed by atoms with Crippen LogP contribution in [-0.4, -0.2) is 74.7 Å². The maximum absolute atomic E-state index is 14.2. The number of carboxylic acids is 1. The Bertz CT molecular complexity index is 1020. The summed E-state index contributed by atoms with van der Waals surface area (Å²) in [4.78, 5) is 66.3. The van der Waals surface area contributed by atoms with Crippen LogP contribution in [0.4, 0.5) is 4.79 Å². The van der Waals surface area contributed by atoms with Gasteiger partial charge < -0.3 is 25.6 Å². The minimum atomic E-state index is -1.46. The number of rotatable bonds is 13. The number of nitrogens with one attached hydrogen (secondary N) is 2. The first kappa shape index (κ1) is 34.6. The quantitative estimate of drug-likeness (QED) is 0.285. The minimum Gasteiger partial charge on any atom is -0.480 e. The Morgan fingerprint density at radius 2 is 1.55 bits per heavy atom. The number of aliphatic hydroxyl groups excluding tert-OH is 1. The number of carboxylic acid groups (broad SMARTS) is 1. The number of alkyl carbamates (subject to hydrolysis) is 1. The number of carbonyl (C=O) groups is 5. The number of benzene rings is 1. The summed E-state index contributed by atoms with van der Waals surface area (Å²) in [6.45, 7) is 13.2. The predicted octanol–water partition coefficient (Wildman–Crippen LogP) is 2.89. The first-order chi connectivity index (χ1) is 18.5. The maximum Gasteiger partial charge on any atom is 0.408 e. The molecular formula is C29H45N3O8. The van der Waals surface area contributed by atoms with Crippen molar-refractivity contribution in [3.8, 4) is 0 Å². The van der Waals surface area contributed by atoms with Crippen molar-refractivity contribution in [3.05, 3.63) is 35.9 Å². The summed E-state index contributed by atoms with van der Waals surface area (Å²) in [5.41, 5.74) is -0.243. The van der Waals surface area contributed by atoms with Gasteiger partial charge in [0.2, 0.25) is 11.8 Å². The van der Waals surface area contributed by atoms with Gasteiger partial charge in [-0.15, -0.1) is 0 Å². The Kier molecular flexibility index (Phi) is 13.3. The highest BCUT2D eigenvalue weighted by atomic mass is 16.6. The molecule has 0 saturated carbocycles. The fourth-order valence-corrected chi connectivity index (χ4v) is 3.74. The Labute approximate surface area is 236 Å². The highest BCUT2D eigenvalue weighted by molar-refractivity contribution is 6.03. The van der Waals surface area contributed by atoms with Gasteiger partial charge in [0.15, 0.2) is 0 Å². The molecule has 4 amide bonds. The Morgan fingerprint density at radius 1 is 0.975 bits per heavy atom. The van der Waals surface area contributed by atoms with Crippen molar-refractivity contribution in [1.82, 2.24) is 15.5 Å². The summed E-state index contributed by atoms with van der Waals surface area (Å²) in [5.74, 6) is -4.64. The zero-order chi connectivity index (χ0) is 30.8. The van der Waals surface area contributed by atoms with Crippen molar-refractivity contribution in [2.75, 3.05) is 0 Å². The first-order valence-electron chi connectivity index (χ1n) is 13.6. The van der Waals surface area contributed by atoms with E-state index in [1.54, 1.807) is 78.8 Å². The molecule has 0 unspecified atom stereocenters.